The molecule has 0 unspecified atom stereocenters. The van der Waals surface area contributed by atoms with Crippen molar-refractivity contribution in [1.29, 1.82) is 0 Å². The summed E-state index contributed by atoms with van der Waals surface area (Å²) in [6, 6.07) is 0. The number of nitrogens with one attached hydrogen (secondary N) is 1. The summed E-state index contributed by atoms with van der Waals surface area (Å²) >= 11 is 0. The van der Waals surface area contributed by atoms with Gasteiger partial charge in [0.2, 0.25) is 0 Å². The van der Waals surface area contributed by atoms with E-state index in [4.69, 9.17) is 0 Å². The summed E-state index contributed by atoms with van der Waals surface area (Å²) in [6.45, 7) is 17.3. The monoisotopic (exact) mass is 198 g/mol. The predicted molar refractivity (Wildman–Crippen MR) is 62.5 cm³/mol. The van der Waals surface area contributed by atoms with Crippen molar-refractivity contribution >= 4 is 0 Å². The molecule has 2 nitrogen and oxygen atoms in total. The third-order valence-electron chi connectivity index (χ3n) is 4.08. The average Bonchev–Trinajstić information content (AvgIpc) is 2.57. The fraction of sp³-hybridized carbons (Fsp3) is 1.00. The van der Waals surface area contributed by atoms with Crippen molar-refractivity contribution in [3.8, 4) is 0 Å². The van der Waals surface area contributed by atoms with Crippen LogP contribution in [0.25, 0.3) is 0 Å². The van der Waals surface area contributed by atoms with Gasteiger partial charge in [0.25, 0.3) is 0 Å². The molecule has 2 aliphatic rings. The zero-order valence-electron chi connectivity index (χ0n) is 10.5. The van der Waals surface area contributed by atoms with Crippen molar-refractivity contribution in [3.05, 3.63) is 0 Å². The molecule has 0 aromatic heterocycles. The summed E-state index contributed by atoms with van der Waals surface area (Å²) in [4.78, 5) is 2.58. The van der Waals surface area contributed by atoms with Crippen molar-refractivity contribution in [3.63, 3.8) is 0 Å². The third kappa shape index (κ3) is 1.70. The maximum atomic E-state index is 3.52. The molecule has 2 saturated heterocycles. The summed E-state index contributed by atoms with van der Waals surface area (Å²) in [5.41, 5.74) is 1.06. The molecule has 2 atom stereocenters. The van der Waals surface area contributed by atoms with Crippen LogP contribution in [0.15, 0.2) is 0 Å². The van der Waals surface area contributed by atoms with Crippen LogP contribution in [-0.4, -0.2) is 37.6 Å². The van der Waals surface area contributed by atoms with Crippen LogP contribution in [0, 0.1) is 10.8 Å². The number of hydrogen-bond donors (Lipinski definition) is 1. The number of hydrogen-bond acceptors (Lipinski definition) is 2. The highest BCUT2D eigenvalue weighted by Crippen LogP contribution is 2.48. The average molecular weight is 198 g/mol. The van der Waals surface area contributed by atoms with Gasteiger partial charge in [0.1, 0.15) is 0 Å². The summed E-state index contributed by atoms with van der Waals surface area (Å²) in [6.07, 6.45) is 0. The van der Waals surface area contributed by atoms with E-state index in [0.717, 1.165) is 0 Å². The summed E-state index contributed by atoms with van der Waals surface area (Å²) < 4.78 is 0. The van der Waals surface area contributed by atoms with Crippen LogP contribution >= 0.6 is 0 Å². The van der Waals surface area contributed by atoms with Crippen molar-refractivity contribution in [2.45, 2.75) is 34.6 Å². The van der Waals surface area contributed by atoms with E-state index in [1.807, 2.05) is 13.8 Å². The molecule has 2 heterocycles. The predicted octanol–water partition coefficient (Wildman–Crippen LogP) is 1.96. The molecule has 2 heteroatoms. The summed E-state index contributed by atoms with van der Waals surface area (Å²) in [7, 11) is 0. The molecule has 14 heavy (non-hydrogen) atoms. The molecular weight excluding hydrogens is 172 g/mol. The Hall–Kier alpha value is -0.0800. The number of nitrogens with zero attached hydrogens (tertiary/aromatic N) is 1. The molecule has 2 aliphatic heterocycles. The Labute approximate surface area is 89.1 Å². The fourth-order valence-electron chi connectivity index (χ4n) is 2.80. The van der Waals surface area contributed by atoms with Crippen LogP contribution < -0.4 is 5.32 Å². The largest absolute Gasteiger partial charge is 0.316 e. The normalized spacial score (nSPS) is 41.8. The SMILES string of the molecule is CC.CCN1C[C@]2(C)CNC[C@]2(C)C1. The Balaban J connectivity index is 0.000000461. The van der Waals surface area contributed by atoms with Crippen molar-refractivity contribution in [1.82, 2.24) is 10.2 Å². The minimum atomic E-state index is 0.531. The minimum absolute atomic E-state index is 0.531. The molecule has 84 valence electrons. The van der Waals surface area contributed by atoms with E-state index >= 15 is 0 Å². The first kappa shape index (κ1) is 12.0. The van der Waals surface area contributed by atoms with Gasteiger partial charge in [0.05, 0.1) is 0 Å². The van der Waals surface area contributed by atoms with E-state index in [9.17, 15) is 0 Å². The first-order chi connectivity index (χ1) is 6.60. The van der Waals surface area contributed by atoms with Gasteiger partial charge in [-0.1, -0.05) is 34.6 Å². The number of fused-ring (bicyclic) bond motifs is 1. The molecular formula is C12H26N2. The van der Waals surface area contributed by atoms with Crippen LogP contribution in [0.1, 0.15) is 34.6 Å². The lowest BCUT2D eigenvalue weighted by Gasteiger charge is -2.31. The fourth-order valence-corrected chi connectivity index (χ4v) is 2.80. The van der Waals surface area contributed by atoms with E-state index < -0.39 is 0 Å². The second-order valence-electron chi connectivity index (χ2n) is 5.03. The molecule has 0 amide bonds. The highest BCUT2D eigenvalue weighted by molar-refractivity contribution is 5.08. The number of rotatable bonds is 1. The van der Waals surface area contributed by atoms with E-state index in [1.54, 1.807) is 0 Å². The van der Waals surface area contributed by atoms with E-state index in [-0.39, 0.29) is 0 Å². The van der Waals surface area contributed by atoms with Crippen LogP contribution in [0.2, 0.25) is 0 Å². The Morgan fingerprint density at radius 2 is 1.50 bits per heavy atom. The molecule has 0 spiro atoms. The van der Waals surface area contributed by atoms with Gasteiger partial charge in [-0.3, -0.25) is 0 Å². The second kappa shape index (κ2) is 4.19. The molecule has 0 aromatic carbocycles. The lowest BCUT2D eigenvalue weighted by molar-refractivity contribution is 0.212. The Morgan fingerprint density at radius 3 is 1.86 bits per heavy atom. The number of likely N-dealkylation sites (tertiary alicyclic amines) is 1. The van der Waals surface area contributed by atoms with Crippen LogP contribution in [0.4, 0.5) is 0 Å². The van der Waals surface area contributed by atoms with Gasteiger partial charge < -0.3 is 10.2 Å². The van der Waals surface area contributed by atoms with Gasteiger partial charge in [-0.2, -0.15) is 0 Å². The minimum Gasteiger partial charge on any atom is -0.316 e. The van der Waals surface area contributed by atoms with Gasteiger partial charge in [0.15, 0.2) is 0 Å². The van der Waals surface area contributed by atoms with Crippen LogP contribution in [-0.2, 0) is 0 Å². The molecule has 2 rings (SSSR count). The topological polar surface area (TPSA) is 15.3 Å². The molecule has 0 bridgehead atoms. The first-order valence-electron chi connectivity index (χ1n) is 6.03. The Kier molecular flexibility index (Phi) is 3.59. The maximum absolute atomic E-state index is 3.52. The summed E-state index contributed by atoms with van der Waals surface area (Å²) in [5.74, 6) is 0. The molecule has 0 radical (unpaired) electrons. The molecule has 2 fully saturated rings. The molecule has 1 N–H and O–H groups in total. The van der Waals surface area contributed by atoms with Gasteiger partial charge in [-0.15, -0.1) is 0 Å². The quantitative estimate of drug-likeness (QED) is 0.693. The van der Waals surface area contributed by atoms with Gasteiger partial charge in [-0.05, 0) is 6.54 Å². The highest BCUT2D eigenvalue weighted by atomic mass is 15.2. The highest BCUT2D eigenvalue weighted by Gasteiger charge is 2.54. The first-order valence-corrected chi connectivity index (χ1v) is 6.03. The zero-order valence-corrected chi connectivity index (χ0v) is 10.5. The smallest absolute Gasteiger partial charge is 0.00538 e. The van der Waals surface area contributed by atoms with Crippen molar-refractivity contribution in [2.24, 2.45) is 10.8 Å². The molecule has 0 saturated carbocycles. The lowest BCUT2D eigenvalue weighted by atomic mass is 9.71. The van der Waals surface area contributed by atoms with E-state index in [0.29, 0.717) is 10.8 Å². The maximum Gasteiger partial charge on any atom is 0.00538 e. The standard InChI is InChI=1S/C10H20N2.C2H6/c1-4-12-7-9(2)5-11-6-10(9,3)8-12;1-2/h11H,4-8H2,1-3H3;1-2H3/t9-,10+;. The van der Waals surface area contributed by atoms with E-state index in [2.05, 4.69) is 31.0 Å². The van der Waals surface area contributed by atoms with Crippen LogP contribution in [0.3, 0.4) is 0 Å². The zero-order chi connectivity index (χ0) is 10.8. The van der Waals surface area contributed by atoms with Gasteiger partial charge >= 0.3 is 0 Å². The lowest BCUT2D eigenvalue weighted by Crippen LogP contribution is -2.34. The molecule has 0 aromatic rings. The van der Waals surface area contributed by atoms with Crippen molar-refractivity contribution < 1.29 is 0 Å². The Morgan fingerprint density at radius 1 is 1.07 bits per heavy atom. The summed E-state index contributed by atoms with van der Waals surface area (Å²) in [5, 5.41) is 3.52. The third-order valence-corrected chi connectivity index (χ3v) is 4.08. The molecule has 0 aliphatic carbocycles. The van der Waals surface area contributed by atoms with Gasteiger partial charge in [0, 0.05) is 37.0 Å². The Bertz CT molecular complexity index is 175. The second-order valence-corrected chi connectivity index (χ2v) is 5.03. The van der Waals surface area contributed by atoms with Crippen LogP contribution in [0.5, 0.6) is 0 Å². The van der Waals surface area contributed by atoms with E-state index in [1.165, 1.54) is 32.7 Å². The van der Waals surface area contributed by atoms with Gasteiger partial charge in [-0.25, -0.2) is 0 Å². The van der Waals surface area contributed by atoms with Crippen molar-refractivity contribution in [2.75, 3.05) is 32.7 Å².